The van der Waals surface area contributed by atoms with E-state index in [2.05, 4.69) is 10.1 Å². The van der Waals surface area contributed by atoms with Crippen LogP contribution in [-0.2, 0) is 11.3 Å². The highest BCUT2D eigenvalue weighted by Crippen LogP contribution is 2.27. The fourth-order valence-electron chi connectivity index (χ4n) is 2.70. The van der Waals surface area contributed by atoms with Gasteiger partial charge in [-0.15, -0.1) is 11.3 Å². The third-order valence-corrected chi connectivity index (χ3v) is 4.98. The molecule has 2 aromatic heterocycles. The Kier molecular flexibility index (Phi) is 4.80. The van der Waals surface area contributed by atoms with Crippen LogP contribution in [0.4, 0.5) is 0 Å². The lowest BCUT2D eigenvalue weighted by Crippen LogP contribution is -2.07. The molecular formula is C21H16N2O3S. The minimum Gasteiger partial charge on any atom is -0.455 e. The minimum atomic E-state index is -0.470. The second-order valence-electron chi connectivity index (χ2n) is 5.91. The third kappa shape index (κ3) is 3.66. The number of aromatic nitrogens is 2. The van der Waals surface area contributed by atoms with Crippen molar-refractivity contribution in [1.82, 2.24) is 10.1 Å². The first-order valence-corrected chi connectivity index (χ1v) is 9.29. The zero-order valence-corrected chi connectivity index (χ0v) is 15.4. The monoisotopic (exact) mass is 376 g/mol. The first-order chi connectivity index (χ1) is 13.2. The molecule has 2 heterocycles. The number of hydrogen-bond donors (Lipinski definition) is 0. The summed E-state index contributed by atoms with van der Waals surface area (Å²) >= 11 is 1.52. The highest BCUT2D eigenvalue weighted by Gasteiger charge is 2.23. The lowest BCUT2D eigenvalue weighted by atomic mass is 10.1. The van der Waals surface area contributed by atoms with E-state index in [0.29, 0.717) is 22.7 Å². The molecule has 0 saturated heterocycles. The van der Waals surface area contributed by atoms with Gasteiger partial charge in [0, 0.05) is 16.5 Å². The molecule has 0 saturated carbocycles. The Balaban J connectivity index is 1.50. The Hall–Kier alpha value is -3.25. The number of esters is 1. The van der Waals surface area contributed by atoms with E-state index in [4.69, 9.17) is 9.26 Å². The predicted octanol–water partition coefficient (Wildman–Crippen LogP) is 5.13. The smallest absolute Gasteiger partial charge is 0.344 e. The fourth-order valence-corrected chi connectivity index (χ4v) is 3.51. The zero-order valence-electron chi connectivity index (χ0n) is 14.6. The van der Waals surface area contributed by atoms with Crippen LogP contribution in [0.15, 0.2) is 70.6 Å². The summed E-state index contributed by atoms with van der Waals surface area (Å²) in [6.45, 7) is 1.80. The zero-order chi connectivity index (χ0) is 18.6. The van der Waals surface area contributed by atoms with Gasteiger partial charge in [0.25, 0.3) is 0 Å². The number of nitrogens with zero attached hydrogens (tertiary/aromatic N) is 2. The van der Waals surface area contributed by atoms with Gasteiger partial charge in [0.2, 0.25) is 0 Å². The molecule has 0 bridgehead atoms. The van der Waals surface area contributed by atoms with Gasteiger partial charge in [0.15, 0.2) is 0 Å². The van der Waals surface area contributed by atoms with Crippen molar-refractivity contribution in [2.24, 2.45) is 0 Å². The van der Waals surface area contributed by atoms with Crippen molar-refractivity contribution in [1.29, 1.82) is 0 Å². The summed E-state index contributed by atoms with van der Waals surface area (Å²) in [5.41, 5.74) is 3.39. The quantitative estimate of drug-likeness (QED) is 0.452. The maximum atomic E-state index is 12.6. The summed E-state index contributed by atoms with van der Waals surface area (Å²) in [7, 11) is 0. The second kappa shape index (κ2) is 7.55. The van der Waals surface area contributed by atoms with Crippen LogP contribution in [0.5, 0.6) is 0 Å². The van der Waals surface area contributed by atoms with Crippen LogP contribution in [0.25, 0.3) is 21.8 Å². The molecule has 0 aliphatic carbocycles. The van der Waals surface area contributed by atoms with Crippen LogP contribution < -0.4 is 0 Å². The van der Waals surface area contributed by atoms with Gasteiger partial charge in [-0.25, -0.2) is 9.78 Å². The number of benzene rings is 2. The summed E-state index contributed by atoms with van der Waals surface area (Å²) in [5.74, 6) is -0.0380. The van der Waals surface area contributed by atoms with E-state index >= 15 is 0 Å². The molecule has 5 nitrogen and oxygen atoms in total. The van der Waals surface area contributed by atoms with Gasteiger partial charge in [0.1, 0.15) is 28.6 Å². The van der Waals surface area contributed by atoms with Crippen LogP contribution >= 0.6 is 11.3 Å². The molecule has 4 rings (SSSR count). The Morgan fingerprint density at radius 3 is 2.41 bits per heavy atom. The summed E-state index contributed by atoms with van der Waals surface area (Å²) in [6, 6.07) is 19.3. The SMILES string of the molecule is Cc1onc(-c2ccccc2)c1C(=O)OCc1csc(-c2ccccc2)n1. The van der Waals surface area contributed by atoms with Crippen LogP contribution in [0, 0.1) is 6.92 Å². The molecule has 0 spiro atoms. The molecule has 0 atom stereocenters. The maximum Gasteiger partial charge on any atom is 0.344 e. The number of ether oxygens (including phenoxy) is 1. The Morgan fingerprint density at radius 2 is 1.70 bits per heavy atom. The molecule has 0 aliphatic heterocycles. The highest BCUT2D eigenvalue weighted by atomic mass is 32.1. The van der Waals surface area contributed by atoms with Crippen molar-refractivity contribution in [3.8, 4) is 21.8 Å². The summed E-state index contributed by atoms with van der Waals surface area (Å²) in [6.07, 6.45) is 0. The second-order valence-corrected chi connectivity index (χ2v) is 6.77. The Labute approximate surface area is 160 Å². The largest absolute Gasteiger partial charge is 0.455 e. The van der Waals surface area contributed by atoms with Crippen LogP contribution in [0.1, 0.15) is 21.8 Å². The first-order valence-electron chi connectivity index (χ1n) is 8.41. The molecule has 0 fully saturated rings. The van der Waals surface area contributed by atoms with Gasteiger partial charge in [-0.05, 0) is 6.92 Å². The average molecular weight is 376 g/mol. The van der Waals surface area contributed by atoms with E-state index < -0.39 is 5.97 Å². The molecule has 0 unspecified atom stereocenters. The number of carbonyl (C=O) groups is 1. The summed E-state index contributed by atoms with van der Waals surface area (Å²) in [5, 5.41) is 6.81. The molecular weight excluding hydrogens is 360 g/mol. The molecule has 0 amide bonds. The van der Waals surface area contributed by atoms with E-state index in [9.17, 15) is 4.79 Å². The highest BCUT2D eigenvalue weighted by molar-refractivity contribution is 7.13. The number of carbonyl (C=O) groups excluding carboxylic acids is 1. The Bertz CT molecular complexity index is 1060. The normalized spacial score (nSPS) is 10.7. The first kappa shape index (κ1) is 17.2. The van der Waals surface area contributed by atoms with Crippen molar-refractivity contribution in [3.05, 3.63) is 83.1 Å². The molecule has 6 heteroatoms. The summed E-state index contributed by atoms with van der Waals surface area (Å²) < 4.78 is 10.7. The van der Waals surface area contributed by atoms with Gasteiger partial charge in [-0.3, -0.25) is 0 Å². The van der Waals surface area contributed by atoms with E-state index in [0.717, 1.165) is 16.1 Å². The molecule has 4 aromatic rings. The number of aryl methyl sites for hydroxylation is 1. The lowest BCUT2D eigenvalue weighted by molar-refractivity contribution is 0.0467. The predicted molar refractivity (Wildman–Crippen MR) is 103 cm³/mol. The van der Waals surface area contributed by atoms with Crippen molar-refractivity contribution in [2.75, 3.05) is 0 Å². The third-order valence-electron chi connectivity index (χ3n) is 4.04. The van der Waals surface area contributed by atoms with E-state index in [1.54, 1.807) is 6.92 Å². The topological polar surface area (TPSA) is 65.2 Å². The van der Waals surface area contributed by atoms with Gasteiger partial charge in [0.05, 0.1) is 5.69 Å². The Morgan fingerprint density at radius 1 is 1.04 bits per heavy atom. The molecule has 0 aliphatic rings. The standard InChI is InChI=1S/C21H16N2O3S/c1-14-18(19(23-26-14)15-8-4-2-5-9-15)21(24)25-12-17-13-27-20(22-17)16-10-6-3-7-11-16/h2-11,13H,12H2,1H3. The molecule has 134 valence electrons. The van der Waals surface area contributed by atoms with Gasteiger partial charge in [-0.1, -0.05) is 65.8 Å². The number of thiazole rings is 1. The van der Waals surface area contributed by atoms with E-state index in [1.165, 1.54) is 11.3 Å². The van der Waals surface area contributed by atoms with Crippen LogP contribution in [0.3, 0.4) is 0 Å². The average Bonchev–Trinajstić information content (AvgIpc) is 3.34. The lowest BCUT2D eigenvalue weighted by Gasteiger charge is -2.04. The van der Waals surface area contributed by atoms with Crippen molar-refractivity contribution < 1.29 is 14.1 Å². The number of hydrogen-bond acceptors (Lipinski definition) is 6. The van der Waals surface area contributed by atoms with Crippen molar-refractivity contribution in [2.45, 2.75) is 13.5 Å². The fraction of sp³-hybridized carbons (Fsp3) is 0.0952. The van der Waals surface area contributed by atoms with Crippen LogP contribution in [-0.4, -0.2) is 16.1 Å². The maximum absolute atomic E-state index is 12.6. The molecule has 0 N–H and O–H groups in total. The van der Waals surface area contributed by atoms with Crippen LogP contribution in [0.2, 0.25) is 0 Å². The minimum absolute atomic E-state index is 0.0982. The molecule has 2 aromatic carbocycles. The van der Waals surface area contributed by atoms with Crippen molar-refractivity contribution in [3.63, 3.8) is 0 Å². The van der Waals surface area contributed by atoms with Gasteiger partial charge >= 0.3 is 5.97 Å². The van der Waals surface area contributed by atoms with Gasteiger partial charge in [-0.2, -0.15) is 0 Å². The molecule has 27 heavy (non-hydrogen) atoms. The van der Waals surface area contributed by atoms with E-state index in [-0.39, 0.29) is 6.61 Å². The van der Waals surface area contributed by atoms with Crippen molar-refractivity contribution >= 4 is 17.3 Å². The number of rotatable bonds is 5. The van der Waals surface area contributed by atoms with E-state index in [1.807, 2.05) is 66.0 Å². The molecule has 0 radical (unpaired) electrons. The van der Waals surface area contributed by atoms with Gasteiger partial charge < -0.3 is 9.26 Å². The summed E-state index contributed by atoms with van der Waals surface area (Å²) in [4.78, 5) is 17.2.